The lowest BCUT2D eigenvalue weighted by Gasteiger charge is -1.90. The average Bonchev–Trinajstić information content (AvgIpc) is 2.74. The summed E-state index contributed by atoms with van der Waals surface area (Å²) in [6.07, 6.45) is 8.97. The van der Waals surface area contributed by atoms with E-state index in [-0.39, 0.29) is 0 Å². The van der Waals surface area contributed by atoms with Crippen LogP contribution in [-0.4, -0.2) is 14.6 Å². The van der Waals surface area contributed by atoms with Crippen LogP contribution in [0.2, 0.25) is 5.15 Å². The van der Waals surface area contributed by atoms with Crippen molar-refractivity contribution >= 4 is 17.2 Å². The molecule has 0 fully saturated rings. The molecule has 0 spiro atoms. The fraction of sp³-hybridized carbons (Fsp3) is 0.500. The second-order valence-corrected chi connectivity index (χ2v) is 3.98. The Morgan fingerprint density at radius 3 is 2.50 bits per heavy atom. The smallest absolute Gasteiger partial charge is 0.153 e. The molecule has 0 saturated carbocycles. The number of imidazole rings is 1. The Morgan fingerprint density at radius 1 is 1.19 bits per heavy atom. The van der Waals surface area contributed by atoms with E-state index in [0.717, 1.165) is 5.65 Å². The van der Waals surface area contributed by atoms with E-state index < -0.39 is 0 Å². The van der Waals surface area contributed by atoms with Crippen LogP contribution in [0.1, 0.15) is 39.5 Å². The van der Waals surface area contributed by atoms with E-state index in [1.807, 2.05) is 6.07 Å². The van der Waals surface area contributed by atoms with Gasteiger partial charge in [0, 0.05) is 12.4 Å². The topological polar surface area (TPSA) is 30.2 Å². The molecule has 0 unspecified atom stereocenters. The van der Waals surface area contributed by atoms with E-state index in [1.165, 1.54) is 25.7 Å². The maximum absolute atomic E-state index is 5.62. The van der Waals surface area contributed by atoms with Crippen molar-refractivity contribution in [2.24, 2.45) is 0 Å². The van der Waals surface area contributed by atoms with Gasteiger partial charge in [0.1, 0.15) is 5.15 Å². The maximum Gasteiger partial charge on any atom is 0.153 e. The van der Waals surface area contributed by atoms with Gasteiger partial charge in [0.2, 0.25) is 0 Å². The summed E-state index contributed by atoms with van der Waals surface area (Å²) >= 11 is 5.62. The zero-order chi connectivity index (χ0) is 11.8. The number of halogens is 1. The molecule has 0 aromatic carbocycles. The largest absolute Gasteiger partial charge is 0.236 e. The number of nitrogens with zero attached hydrogens (tertiary/aromatic N) is 3. The first-order valence-electron chi connectivity index (χ1n) is 5.73. The highest BCUT2D eigenvalue weighted by molar-refractivity contribution is 6.29. The van der Waals surface area contributed by atoms with Crippen molar-refractivity contribution in [2.75, 3.05) is 0 Å². The van der Waals surface area contributed by atoms with Crippen LogP contribution >= 0.6 is 11.6 Å². The zero-order valence-electron chi connectivity index (χ0n) is 9.86. The lowest BCUT2D eigenvalue weighted by Crippen LogP contribution is -1.88. The molecule has 0 aliphatic heterocycles. The van der Waals surface area contributed by atoms with Crippen LogP contribution in [0.4, 0.5) is 0 Å². The Morgan fingerprint density at radius 2 is 1.88 bits per heavy atom. The Balaban J connectivity index is 0.000000187. The summed E-state index contributed by atoms with van der Waals surface area (Å²) < 4.78 is 1.63. The molecule has 88 valence electrons. The predicted octanol–water partition coefficient (Wildman–Crippen LogP) is 3.97. The van der Waals surface area contributed by atoms with Crippen molar-refractivity contribution < 1.29 is 0 Å². The fourth-order valence-corrected chi connectivity index (χ4v) is 1.44. The molecule has 0 aliphatic rings. The van der Waals surface area contributed by atoms with E-state index in [9.17, 15) is 0 Å². The number of aromatic nitrogens is 3. The van der Waals surface area contributed by atoms with Crippen molar-refractivity contribution in [1.29, 1.82) is 0 Å². The van der Waals surface area contributed by atoms with Gasteiger partial charge in [-0.05, 0) is 12.1 Å². The molecule has 2 aromatic heterocycles. The molecule has 4 heteroatoms. The summed E-state index contributed by atoms with van der Waals surface area (Å²) in [5.74, 6) is 0. The highest BCUT2D eigenvalue weighted by Crippen LogP contribution is 2.04. The van der Waals surface area contributed by atoms with Gasteiger partial charge in [0.05, 0.1) is 0 Å². The molecule has 0 aliphatic carbocycles. The monoisotopic (exact) mass is 239 g/mol. The third-order valence-electron chi connectivity index (χ3n) is 2.18. The van der Waals surface area contributed by atoms with Crippen LogP contribution in [-0.2, 0) is 0 Å². The Kier molecular flexibility index (Phi) is 5.86. The molecule has 0 N–H and O–H groups in total. The van der Waals surface area contributed by atoms with Gasteiger partial charge in [-0.1, -0.05) is 51.1 Å². The minimum Gasteiger partial charge on any atom is -0.236 e. The summed E-state index contributed by atoms with van der Waals surface area (Å²) in [5, 5.41) is 4.43. The molecule has 2 rings (SSSR count). The molecular weight excluding hydrogens is 222 g/mol. The molecule has 0 bridgehead atoms. The predicted molar refractivity (Wildman–Crippen MR) is 67.8 cm³/mol. The van der Waals surface area contributed by atoms with Crippen molar-refractivity contribution in [3.63, 3.8) is 0 Å². The average molecular weight is 240 g/mol. The number of hydrogen-bond acceptors (Lipinski definition) is 2. The second kappa shape index (κ2) is 7.23. The number of hydrogen-bond donors (Lipinski definition) is 0. The van der Waals surface area contributed by atoms with Gasteiger partial charge in [0.15, 0.2) is 5.65 Å². The van der Waals surface area contributed by atoms with Gasteiger partial charge in [-0.15, -0.1) is 0 Å². The summed E-state index contributed by atoms with van der Waals surface area (Å²) in [6.45, 7) is 4.46. The lowest BCUT2D eigenvalue weighted by molar-refractivity contribution is 0.702. The highest BCUT2D eigenvalue weighted by atomic mass is 35.5. The van der Waals surface area contributed by atoms with Gasteiger partial charge < -0.3 is 0 Å². The number of fused-ring (bicyclic) bond motifs is 1. The first-order valence-corrected chi connectivity index (χ1v) is 6.11. The molecule has 3 nitrogen and oxygen atoms in total. The third-order valence-corrected chi connectivity index (χ3v) is 2.38. The molecule has 2 heterocycles. The van der Waals surface area contributed by atoms with Crippen molar-refractivity contribution in [3.05, 3.63) is 29.7 Å². The molecular formula is C12H18ClN3. The molecule has 16 heavy (non-hydrogen) atoms. The van der Waals surface area contributed by atoms with Crippen LogP contribution in [0.15, 0.2) is 24.5 Å². The normalized spacial score (nSPS) is 9.94. The fourth-order valence-electron chi connectivity index (χ4n) is 1.29. The second-order valence-electron chi connectivity index (χ2n) is 3.59. The van der Waals surface area contributed by atoms with Crippen LogP contribution in [0.5, 0.6) is 0 Å². The SMILES string of the molecule is CCCCCC.Clc1ccc2nccn2n1. The zero-order valence-corrected chi connectivity index (χ0v) is 10.6. The van der Waals surface area contributed by atoms with Crippen LogP contribution in [0, 0.1) is 0 Å². The Bertz CT molecular complexity index is 407. The van der Waals surface area contributed by atoms with Crippen LogP contribution in [0.3, 0.4) is 0 Å². The highest BCUT2D eigenvalue weighted by Gasteiger charge is 1.92. The number of rotatable bonds is 3. The van der Waals surface area contributed by atoms with E-state index >= 15 is 0 Å². The Labute approximate surface area is 101 Å². The lowest BCUT2D eigenvalue weighted by atomic mass is 10.2. The molecule has 0 saturated heterocycles. The van der Waals surface area contributed by atoms with Crippen LogP contribution < -0.4 is 0 Å². The summed E-state index contributed by atoms with van der Waals surface area (Å²) in [6, 6.07) is 3.53. The first kappa shape index (κ1) is 13.0. The van der Waals surface area contributed by atoms with E-state index in [4.69, 9.17) is 11.6 Å². The first-order chi connectivity index (χ1) is 7.77. The quantitative estimate of drug-likeness (QED) is 0.759. The van der Waals surface area contributed by atoms with Crippen molar-refractivity contribution in [3.8, 4) is 0 Å². The molecule has 0 amide bonds. The minimum absolute atomic E-state index is 0.477. The van der Waals surface area contributed by atoms with E-state index in [1.54, 1.807) is 23.0 Å². The molecule has 0 atom stereocenters. The summed E-state index contributed by atoms with van der Waals surface area (Å²) in [4.78, 5) is 4.00. The summed E-state index contributed by atoms with van der Waals surface area (Å²) in [5.41, 5.74) is 0.810. The van der Waals surface area contributed by atoms with Gasteiger partial charge >= 0.3 is 0 Å². The van der Waals surface area contributed by atoms with E-state index in [0.29, 0.717) is 5.15 Å². The van der Waals surface area contributed by atoms with Gasteiger partial charge in [-0.25, -0.2) is 9.50 Å². The van der Waals surface area contributed by atoms with Crippen LogP contribution in [0.25, 0.3) is 5.65 Å². The van der Waals surface area contributed by atoms with Gasteiger partial charge in [0.25, 0.3) is 0 Å². The number of unbranched alkanes of at least 4 members (excludes halogenated alkanes) is 3. The maximum atomic E-state index is 5.62. The molecule has 2 aromatic rings. The Hall–Kier alpha value is -1.09. The van der Waals surface area contributed by atoms with E-state index in [2.05, 4.69) is 23.9 Å². The van der Waals surface area contributed by atoms with Crippen molar-refractivity contribution in [2.45, 2.75) is 39.5 Å². The van der Waals surface area contributed by atoms with Crippen molar-refractivity contribution in [1.82, 2.24) is 14.6 Å². The standard InChI is InChI=1S/C6H4ClN3.C6H14/c7-5-1-2-6-8-3-4-10(6)9-5;1-3-5-6-4-2/h1-4H;3-6H2,1-2H3. The van der Waals surface area contributed by atoms with Gasteiger partial charge in [-0.2, -0.15) is 5.10 Å². The third kappa shape index (κ3) is 4.19. The van der Waals surface area contributed by atoms with Gasteiger partial charge in [-0.3, -0.25) is 0 Å². The molecule has 0 radical (unpaired) electrons. The summed E-state index contributed by atoms with van der Waals surface area (Å²) in [7, 11) is 0. The minimum atomic E-state index is 0.477.